The van der Waals surface area contributed by atoms with Crippen LogP contribution in [0.2, 0.25) is 0 Å². The van der Waals surface area contributed by atoms with Gasteiger partial charge in [0, 0.05) is 12.6 Å². The molecule has 33 heavy (non-hydrogen) atoms. The zero-order chi connectivity index (χ0) is 24.0. The second kappa shape index (κ2) is 11.2. The molecule has 0 aliphatic rings. The van der Waals surface area contributed by atoms with E-state index in [-0.39, 0.29) is 31.0 Å². The predicted molar refractivity (Wildman–Crippen MR) is 133 cm³/mol. The summed E-state index contributed by atoms with van der Waals surface area (Å²) in [7, 11) is 1.59. The van der Waals surface area contributed by atoms with Crippen LogP contribution in [0.1, 0.15) is 26.3 Å². The highest BCUT2D eigenvalue weighted by Crippen LogP contribution is 2.33. The van der Waals surface area contributed by atoms with Crippen molar-refractivity contribution in [3.05, 3.63) is 70.7 Å². The Bertz CT molecular complexity index is 1130. The van der Waals surface area contributed by atoms with E-state index >= 15 is 0 Å². The smallest absolute Gasteiger partial charge is 0.261 e. The Balaban J connectivity index is 1.80. The number of nitrogens with zero attached hydrogens (tertiary/aromatic N) is 1. The maximum atomic E-state index is 13.3. The van der Waals surface area contributed by atoms with E-state index in [1.165, 1.54) is 4.90 Å². The summed E-state index contributed by atoms with van der Waals surface area (Å²) in [6.07, 6.45) is 0. The molecule has 0 unspecified atom stereocenters. The Morgan fingerprint density at radius 2 is 1.79 bits per heavy atom. The Labute approximate surface area is 203 Å². The van der Waals surface area contributed by atoms with Gasteiger partial charge in [0.05, 0.1) is 11.6 Å². The number of carbonyl (C=O) groups excluding carboxylic acids is 2. The summed E-state index contributed by atoms with van der Waals surface area (Å²) in [5, 5.41) is 4.95. The molecule has 0 spiro atoms. The summed E-state index contributed by atoms with van der Waals surface area (Å²) in [4.78, 5) is 27.5. The molecule has 0 radical (unpaired) electrons. The number of halogens is 1. The number of fused-ring (bicyclic) bond motifs is 1. The number of benzene rings is 3. The largest absolute Gasteiger partial charge is 0.497 e. The summed E-state index contributed by atoms with van der Waals surface area (Å²) in [5.41, 5.74) is 0.860. The van der Waals surface area contributed by atoms with E-state index in [0.29, 0.717) is 11.5 Å². The Morgan fingerprint density at radius 3 is 2.52 bits per heavy atom. The molecule has 6 nitrogen and oxygen atoms in total. The third kappa shape index (κ3) is 6.26. The first kappa shape index (κ1) is 24.6. The van der Waals surface area contributed by atoms with Crippen molar-refractivity contribution >= 4 is 38.5 Å². The fourth-order valence-corrected chi connectivity index (χ4v) is 4.11. The topological polar surface area (TPSA) is 67.9 Å². The highest BCUT2D eigenvalue weighted by Gasteiger charge is 2.27. The quantitative estimate of drug-likeness (QED) is 0.441. The summed E-state index contributed by atoms with van der Waals surface area (Å²) in [5.74, 6) is 0.760. The van der Waals surface area contributed by atoms with E-state index in [2.05, 4.69) is 21.2 Å². The number of amides is 2. The molecule has 0 aliphatic heterocycles. The monoisotopic (exact) mass is 512 g/mol. The lowest BCUT2D eigenvalue weighted by Gasteiger charge is -2.29. The van der Waals surface area contributed by atoms with Crippen LogP contribution in [0.3, 0.4) is 0 Å². The van der Waals surface area contributed by atoms with Crippen LogP contribution >= 0.6 is 15.9 Å². The molecule has 174 valence electrons. The van der Waals surface area contributed by atoms with E-state index in [9.17, 15) is 9.59 Å². The van der Waals surface area contributed by atoms with Gasteiger partial charge >= 0.3 is 0 Å². The first-order valence-electron chi connectivity index (χ1n) is 10.8. The normalized spacial score (nSPS) is 11.8. The molecule has 3 rings (SSSR count). The Kier molecular flexibility index (Phi) is 8.33. The zero-order valence-electron chi connectivity index (χ0n) is 19.3. The number of hydrogen-bond donors (Lipinski definition) is 1. The van der Waals surface area contributed by atoms with Crippen LogP contribution in [0, 0.1) is 0 Å². The van der Waals surface area contributed by atoms with Crippen molar-refractivity contribution in [2.24, 2.45) is 0 Å². The molecular weight excluding hydrogens is 484 g/mol. The van der Waals surface area contributed by atoms with Crippen molar-refractivity contribution in [2.45, 2.75) is 39.4 Å². The number of rotatable bonds is 9. The lowest BCUT2D eigenvalue weighted by molar-refractivity contribution is -0.142. The molecule has 1 atom stereocenters. The van der Waals surface area contributed by atoms with Crippen LogP contribution in [-0.4, -0.2) is 42.5 Å². The Hall–Kier alpha value is -3.06. The molecule has 3 aromatic carbocycles. The van der Waals surface area contributed by atoms with Crippen LogP contribution in [0.15, 0.2) is 65.1 Å². The van der Waals surface area contributed by atoms with Crippen LogP contribution in [0.25, 0.3) is 10.8 Å². The minimum atomic E-state index is -0.672. The van der Waals surface area contributed by atoms with Gasteiger partial charge in [-0.05, 0) is 71.2 Å². The fourth-order valence-electron chi connectivity index (χ4n) is 3.50. The third-order valence-electron chi connectivity index (χ3n) is 5.26. The van der Waals surface area contributed by atoms with Crippen molar-refractivity contribution in [1.82, 2.24) is 10.2 Å². The molecule has 0 aliphatic carbocycles. The number of nitrogens with one attached hydrogen (secondary N) is 1. The highest BCUT2D eigenvalue weighted by molar-refractivity contribution is 9.10. The van der Waals surface area contributed by atoms with Gasteiger partial charge in [0.2, 0.25) is 5.91 Å². The molecule has 0 aromatic heterocycles. The van der Waals surface area contributed by atoms with Gasteiger partial charge < -0.3 is 19.7 Å². The van der Waals surface area contributed by atoms with E-state index in [1.807, 2.05) is 74.5 Å². The number of carbonyl (C=O) groups is 2. The van der Waals surface area contributed by atoms with Gasteiger partial charge in [-0.1, -0.05) is 42.5 Å². The van der Waals surface area contributed by atoms with Gasteiger partial charge in [-0.25, -0.2) is 0 Å². The van der Waals surface area contributed by atoms with Gasteiger partial charge in [-0.15, -0.1) is 0 Å². The van der Waals surface area contributed by atoms with E-state index in [0.717, 1.165) is 20.8 Å². The van der Waals surface area contributed by atoms with Gasteiger partial charge in [0.15, 0.2) is 6.61 Å². The SMILES string of the molecule is COc1cccc(CN(C(=O)COc2ccc3ccccc3c2Br)[C@H](C)C(=O)NC(C)C)c1. The van der Waals surface area contributed by atoms with Crippen LogP contribution in [-0.2, 0) is 16.1 Å². The molecular formula is C26H29BrN2O4. The molecule has 0 saturated heterocycles. The van der Waals surface area contributed by atoms with Gasteiger partial charge in [-0.3, -0.25) is 9.59 Å². The van der Waals surface area contributed by atoms with E-state index in [4.69, 9.17) is 9.47 Å². The summed E-state index contributed by atoms with van der Waals surface area (Å²) in [6, 6.07) is 18.5. The number of hydrogen-bond acceptors (Lipinski definition) is 4. The zero-order valence-corrected chi connectivity index (χ0v) is 20.9. The molecule has 2 amide bonds. The van der Waals surface area contributed by atoms with Crippen molar-refractivity contribution < 1.29 is 19.1 Å². The standard InChI is InChI=1S/C26H29BrN2O4/c1-17(2)28-26(31)18(3)29(15-19-8-7-10-21(14-19)32-4)24(30)16-33-23-13-12-20-9-5-6-11-22(20)25(23)27/h5-14,17-18H,15-16H2,1-4H3,(H,28,31)/t18-/m1/s1. The van der Waals surface area contributed by atoms with Gasteiger partial charge in [0.25, 0.3) is 5.91 Å². The second-order valence-electron chi connectivity index (χ2n) is 8.10. The molecule has 7 heteroatoms. The maximum Gasteiger partial charge on any atom is 0.261 e. The van der Waals surface area contributed by atoms with Crippen molar-refractivity contribution in [2.75, 3.05) is 13.7 Å². The first-order valence-corrected chi connectivity index (χ1v) is 11.6. The van der Waals surface area contributed by atoms with E-state index in [1.54, 1.807) is 14.0 Å². The minimum Gasteiger partial charge on any atom is -0.497 e. The molecule has 0 bridgehead atoms. The minimum absolute atomic E-state index is 0.0291. The van der Waals surface area contributed by atoms with Crippen LogP contribution in [0.5, 0.6) is 11.5 Å². The lowest BCUT2D eigenvalue weighted by atomic mass is 10.1. The Morgan fingerprint density at radius 1 is 1.03 bits per heavy atom. The average Bonchev–Trinajstić information content (AvgIpc) is 2.81. The number of ether oxygens (including phenoxy) is 2. The maximum absolute atomic E-state index is 13.3. The van der Waals surface area contributed by atoms with Crippen molar-refractivity contribution in [3.63, 3.8) is 0 Å². The molecule has 3 aromatic rings. The average molecular weight is 513 g/mol. The lowest BCUT2D eigenvalue weighted by Crippen LogP contribution is -2.50. The summed E-state index contributed by atoms with van der Waals surface area (Å²) < 4.78 is 12.0. The summed E-state index contributed by atoms with van der Waals surface area (Å²) >= 11 is 3.59. The van der Waals surface area contributed by atoms with Crippen molar-refractivity contribution in [1.29, 1.82) is 0 Å². The molecule has 0 saturated carbocycles. The molecule has 0 heterocycles. The van der Waals surface area contributed by atoms with Crippen molar-refractivity contribution in [3.8, 4) is 11.5 Å². The summed E-state index contributed by atoms with van der Waals surface area (Å²) in [6.45, 7) is 5.56. The first-order chi connectivity index (χ1) is 15.8. The van der Waals surface area contributed by atoms with Crippen LogP contribution < -0.4 is 14.8 Å². The number of methoxy groups -OCH3 is 1. The molecule has 0 fully saturated rings. The highest BCUT2D eigenvalue weighted by atomic mass is 79.9. The fraction of sp³-hybridized carbons (Fsp3) is 0.308. The second-order valence-corrected chi connectivity index (χ2v) is 8.89. The van der Waals surface area contributed by atoms with E-state index < -0.39 is 6.04 Å². The van der Waals surface area contributed by atoms with Crippen LogP contribution in [0.4, 0.5) is 0 Å². The van der Waals surface area contributed by atoms with Gasteiger partial charge in [0.1, 0.15) is 17.5 Å². The predicted octanol–water partition coefficient (Wildman–Crippen LogP) is 4.93. The van der Waals surface area contributed by atoms with Gasteiger partial charge in [-0.2, -0.15) is 0 Å². The third-order valence-corrected chi connectivity index (χ3v) is 6.08. The molecule has 1 N–H and O–H groups in total.